The van der Waals surface area contributed by atoms with Gasteiger partial charge in [0.2, 0.25) is 0 Å². The number of aromatic nitrogens is 2. The van der Waals surface area contributed by atoms with Gasteiger partial charge in [-0.25, -0.2) is 14.2 Å². The molecule has 0 unspecified atom stereocenters. The average Bonchev–Trinajstić information content (AvgIpc) is 3.33. The first-order valence-corrected chi connectivity index (χ1v) is 10.6. The Morgan fingerprint density at radius 1 is 1.29 bits per heavy atom. The molecule has 10 heteroatoms. The summed E-state index contributed by atoms with van der Waals surface area (Å²) in [5.41, 5.74) is 1.53. The molecule has 160 valence electrons. The average molecular weight is 481 g/mol. The number of hydrogen-bond acceptors (Lipinski definition) is 6. The number of carbonyl (C=O) groups is 1. The van der Waals surface area contributed by atoms with E-state index >= 15 is 0 Å². The highest BCUT2D eigenvalue weighted by Crippen LogP contribution is 2.39. The van der Waals surface area contributed by atoms with Crippen molar-refractivity contribution in [2.24, 2.45) is 0 Å². The van der Waals surface area contributed by atoms with E-state index in [4.69, 9.17) is 32.7 Å². The SMILES string of the molecule is COC(=O)c1sc(-n2cnc3cc(Cl)c(F)cc32)cc1O[C@H](C)c1cccc(O)c1Cl. The Hall–Kier alpha value is -2.81. The molecule has 2 aromatic heterocycles. The number of esters is 1. The van der Waals surface area contributed by atoms with Crippen molar-refractivity contribution < 1.29 is 23.8 Å². The fourth-order valence-corrected chi connectivity index (χ4v) is 4.52. The van der Waals surface area contributed by atoms with E-state index in [1.807, 2.05) is 0 Å². The first kappa shape index (κ1) is 21.4. The van der Waals surface area contributed by atoms with Crippen LogP contribution in [0.4, 0.5) is 4.39 Å². The van der Waals surface area contributed by atoms with Crippen molar-refractivity contribution in [1.29, 1.82) is 0 Å². The third-order valence-corrected chi connectivity index (χ3v) is 6.43. The van der Waals surface area contributed by atoms with Crippen molar-refractivity contribution in [3.63, 3.8) is 0 Å². The summed E-state index contributed by atoms with van der Waals surface area (Å²) in [6.07, 6.45) is 0.924. The number of rotatable bonds is 5. The normalized spacial score (nSPS) is 12.2. The molecule has 0 fully saturated rings. The maximum absolute atomic E-state index is 14.0. The van der Waals surface area contributed by atoms with Gasteiger partial charge in [0.15, 0.2) is 4.88 Å². The van der Waals surface area contributed by atoms with Crippen LogP contribution in [0.25, 0.3) is 16.0 Å². The zero-order chi connectivity index (χ0) is 22.3. The minimum absolute atomic E-state index is 0.0278. The Morgan fingerprint density at radius 2 is 2.06 bits per heavy atom. The number of benzene rings is 2. The van der Waals surface area contributed by atoms with Crippen LogP contribution < -0.4 is 4.74 Å². The predicted molar refractivity (Wildman–Crippen MR) is 117 cm³/mol. The Morgan fingerprint density at radius 3 is 2.81 bits per heavy atom. The van der Waals surface area contributed by atoms with Gasteiger partial charge in [-0.1, -0.05) is 35.3 Å². The summed E-state index contributed by atoms with van der Waals surface area (Å²) >= 11 is 13.1. The van der Waals surface area contributed by atoms with Gasteiger partial charge in [0.05, 0.1) is 28.2 Å². The number of halogens is 3. The molecule has 0 amide bonds. The van der Waals surface area contributed by atoms with E-state index in [-0.39, 0.29) is 26.4 Å². The van der Waals surface area contributed by atoms with Crippen LogP contribution in [0.1, 0.15) is 28.3 Å². The molecule has 1 atom stereocenters. The van der Waals surface area contributed by atoms with Crippen molar-refractivity contribution >= 4 is 51.5 Å². The van der Waals surface area contributed by atoms with Crippen molar-refractivity contribution in [2.75, 3.05) is 7.11 Å². The van der Waals surface area contributed by atoms with Crippen LogP contribution >= 0.6 is 34.5 Å². The Labute approximate surface area is 190 Å². The summed E-state index contributed by atoms with van der Waals surface area (Å²) in [5, 5.41) is 10.6. The third kappa shape index (κ3) is 3.94. The molecule has 0 bridgehead atoms. The molecule has 1 N–H and O–H groups in total. The molecule has 0 radical (unpaired) electrons. The number of methoxy groups -OCH3 is 1. The van der Waals surface area contributed by atoms with Crippen LogP contribution in [0.5, 0.6) is 11.5 Å². The van der Waals surface area contributed by atoms with E-state index in [0.717, 1.165) is 11.3 Å². The van der Waals surface area contributed by atoms with Crippen LogP contribution in [0, 0.1) is 5.82 Å². The van der Waals surface area contributed by atoms with Crippen molar-refractivity contribution in [3.8, 4) is 16.5 Å². The van der Waals surface area contributed by atoms with Gasteiger partial charge in [-0.05, 0) is 19.1 Å². The second kappa shape index (κ2) is 8.37. The van der Waals surface area contributed by atoms with Crippen LogP contribution in [-0.2, 0) is 4.74 Å². The fourth-order valence-electron chi connectivity index (χ4n) is 3.09. The maximum Gasteiger partial charge on any atom is 0.351 e. The van der Waals surface area contributed by atoms with Gasteiger partial charge < -0.3 is 14.6 Å². The standard InChI is InChI=1S/C21H15Cl2FN2O4S/c1-10(11-4-3-5-16(27)19(11)23)30-17-8-18(31-20(17)21(28)29-2)26-9-25-14-6-12(22)13(24)7-15(14)26/h3-10,27H,1-2H3/t10-/m1/s1. The number of ether oxygens (including phenoxy) is 2. The van der Waals surface area contributed by atoms with Crippen molar-refractivity contribution in [2.45, 2.75) is 13.0 Å². The van der Waals surface area contributed by atoms with E-state index in [1.165, 1.54) is 31.6 Å². The Bertz CT molecular complexity index is 1300. The maximum atomic E-state index is 14.0. The molecule has 4 rings (SSSR count). The smallest absolute Gasteiger partial charge is 0.351 e. The number of imidazole rings is 1. The van der Waals surface area contributed by atoms with Gasteiger partial charge in [0.1, 0.15) is 34.7 Å². The zero-order valence-electron chi connectivity index (χ0n) is 16.2. The molecule has 2 aromatic carbocycles. The Balaban J connectivity index is 1.77. The molecular formula is C21H15Cl2FN2O4S. The highest BCUT2D eigenvalue weighted by molar-refractivity contribution is 7.16. The van der Waals surface area contributed by atoms with E-state index in [2.05, 4.69) is 4.98 Å². The second-order valence-electron chi connectivity index (χ2n) is 6.58. The number of thiophene rings is 1. The fraction of sp³-hybridized carbons (Fsp3) is 0.143. The minimum Gasteiger partial charge on any atom is -0.506 e. The topological polar surface area (TPSA) is 73.6 Å². The van der Waals surface area contributed by atoms with Crippen LogP contribution in [0.15, 0.2) is 42.7 Å². The molecular weight excluding hydrogens is 466 g/mol. The number of phenolic OH excluding ortho intramolecular Hbond substituents is 1. The number of fused-ring (bicyclic) bond motifs is 1. The lowest BCUT2D eigenvalue weighted by atomic mass is 10.1. The summed E-state index contributed by atoms with van der Waals surface area (Å²) in [4.78, 5) is 16.8. The van der Waals surface area contributed by atoms with Gasteiger partial charge in [-0.2, -0.15) is 0 Å². The monoisotopic (exact) mass is 480 g/mol. The summed E-state index contributed by atoms with van der Waals surface area (Å²) < 4.78 is 26.5. The van der Waals surface area contributed by atoms with E-state index in [9.17, 15) is 14.3 Å². The number of hydrogen-bond donors (Lipinski definition) is 1. The second-order valence-corrected chi connectivity index (χ2v) is 8.40. The van der Waals surface area contributed by atoms with Gasteiger partial charge in [-0.15, -0.1) is 11.3 Å². The first-order chi connectivity index (χ1) is 14.8. The number of nitrogens with zero attached hydrogens (tertiary/aromatic N) is 2. The highest BCUT2D eigenvalue weighted by atomic mass is 35.5. The van der Waals surface area contributed by atoms with Gasteiger partial charge in [0, 0.05) is 17.7 Å². The lowest BCUT2D eigenvalue weighted by Gasteiger charge is -2.16. The lowest BCUT2D eigenvalue weighted by molar-refractivity contribution is 0.0600. The zero-order valence-corrected chi connectivity index (χ0v) is 18.6. The lowest BCUT2D eigenvalue weighted by Crippen LogP contribution is -2.07. The summed E-state index contributed by atoms with van der Waals surface area (Å²) in [6.45, 7) is 1.74. The third-order valence-electron chi connectivity index (χ3n) is 4.63. The van der Waals surface area contributed by atoms with E-state index in [1.54, 1.807) is 29.7 Å². The Kier molecular flexibility index (Phi) is 5.79. The summed E-state index contributed by atoms with van der Waals surface area (Å²) in [5.74, 6) is -0.974. The predicted octanol–water partition coefficient (Wildman–Crippen LogP) is 6.17. The molecule has 2 heterocycles. The van der Waals surface area contributed by atoms with E-state index in [0.29, 0.717) is 21.6 Å². The largest absolute Gasteiger partial charge is 0.506 e. The van der Waals surface area contributed by atoms with Crippen LogP contribution in [-0.4, -0.2) is 27.7 Å². The number of carbonyl (C=O) groups excluding carboxylic acids is 1. The molecule has 0 saturated heterocycles. The molecule has 31 heavy (non-hydrogen) atoms. The van der Waals surface area contributed by atoms with Gasteiger partial charge in [0.25, 0.3) is 0 Å². The van der Waals surface area contributed by atoms with Crippen LogP contribution in [0.3, 0.4) is 0 Å². The highest BCUT2D eigenvalue weighted by Gasteiger charge is 2.23. The number of phenols is 1. The van der Waals surface area contributed by atoms with Gasteiger partial charge >= 0.3 is 5.97 Å². The number of aromatic hydroxyl groups is 1. The van der Waals surface area contributed by atoms with E-state index < -0.39 is 17.9 Å². The quantitative estimate of drug-likeness (QED) is 0.346. The molecule has 4 aromatic rings. The van der Waals surface area contributed by atoms with Crippen molar-refractivity contribution in [3.05, 3.63) is 69.0 Å². The summed E-state index contributed by atoms with van der Waals surface area (Å²) in [6, 6.07) is 9.18. The molecule has 0 spiro atoms. The van der Waals surface area contributed by atoms with Crippen LogP contribution in [0.2, 0.25) is 10.0 Å². The minimum atomic E-state index is -0.584. The molecule has 6 nitrogen and oxygen atoms in total. The summed E-state index contributed by atoms with van der Waals surface area (Å²) in [7, 11) is 1.27. The van der Waals surface area contributed by atoms with Gasteiger partial charge in [-0.3, -0.25) is 4.57 Å². The first-order valence-electron chi connectivity index (χ1n) is 8.98. The molecule has 0 aliphatic carbocycles. The molecule has 0 aliphatic rings. The van der Waals surface area contributed by atoms with Crippen molar-refractivity contribution in [1.82, 2.24) is 9.55 Å². The molecule has 0 aliphatic heterocycles. The molecule has 0 saturated carbocycles.